The van der Waals surface area contributed by atoms with Crippen LogP contribution in [-0.4, -0.2) is 21.5 Å². The van der Waals surface area contributed by atoms with Gasteiger partial charge in [-0.25, -0.2) is 4.98 Å². The molecule has 0 aliphatic rings. The van der Waals surface area contributed by atoms with Crippen LogP contribution in [0.1, 0.15) is 45.6 Å². The second-order valence-electron chi connectivity index (χ2n) is 6.94. The van der Waals surface area contributed by atoms with Gasteiger partial charge in [-0.15, -0.1) is 0 Å². The second-order valence-corrected chi connectivity index (χ2v) is 6.94. The van der Waals surface area contributed by atoms with Gasteiger partial charge in [0.05, 0.1) is 17.2 Å². The first-order valence-corrected chi connectivity index (χ1v) is 8.62. The maximum atomic E-state index is 12.5. The van der Waals surface area contributed by atoms with Gasteiger partial charge in [0.1, 0.15) is 6.54 Å². The monoisotopic (exact) mass is 329 g/mol. The maximum Gasteiger partial charge on any atom is 0.261 e. The number of hydrogen-bond acceptors (Lipinski definition) is 3. The first-order valence-electron chi connectivity index (χ1n) is 8.62. The Bertz CT molecular complexity index is 765. The zero-order valence-corrected chi connectivity index (χ0v) is 15.0. The summed E-state index contributed by atoms with van der Waals surface area (Å²) < 4.78 is 1.37. The Balaban J connectivity index is 2.00. The molecule has 2 rings (SSSR count). The van der Waals surface area contributed by atoms with Crippen molar-refractivity contribution in [1.82, 2.24) is 14.9 Å². The molecule has 1 amide bonds. The van der Waals surface area contributed by atoms with Crippen LogP contribution in [-0.2, 0) is 11.3 Å². The number of rotatable bonds is 7. The van der Waals surface area contributed by atoms with Crippen molar-refractivity contribution in [2.75, 3.05) is 0 Å². The van der Waals surface area contributed by atoms with Crippen LogP contribution in [0.4, 0.5) is 0 Å². The van der Waals surface area contributed by atoms with Crippen LogP contribution < -0.4 is 10.9 Å². The molecule has 130 valence electrons. The molecule has 1 atom stereocenters. The van der Waals surface area contributed by atoms with Crippen molar-refractivity contribution in [3.63, 3.8) is 0 Å². The standard InChI is InChI=1S/C19H27N3O2/c1-13(2)7-5-9-15(4)21-17(23)11-22-12-20-18-14(3)8-6-10-16(18)19(22)24/h6,8,10,12-13,15H,5,7,9,11H2,1-4H3,(H,21,23)/t15-/m0/s1. The smallest absolute Gasteiger partial charge is 0.261 e. The number of aryl methyl sites for hydroxylation is 1. The van der Waals surface area contributed by atoms with Gasteiger partial charge in [0.25, 0.3) is 5.56 Å². The Morgan fingerprint density at radius 1 is 1.25 bits per heavy atom. The van der Waals surface area contributed by atoms with Gasteiger partial charge in [0.2, 0.25) is 5.91 Å². The van der Waals surface area contributed by atoms with Crippen LogP contribution >= 0.6 is 0 Å². The van der Waals surface area contributed by atoms with E-state index in [1.54, 1.807) is 6.07 Å². The molecule has 1 aromatic carbocycles. The van der Waals surface area contributed by atoms with Gasteiger partial charge in [0.15, 0.2) is 0 Å². The molecule has 0 saturated carbocycles. The Hall–Kier alpha value is -2.17. The van der Waals surface area contributed by atoms with Crippen molar-refractivity contribution in [3.8, 4) is 0 Å². The number of fused-ring (bicyclic) bond motifs is 1. The van der Waals surface area contributed by atoms with Gasteiger partial charge in [0, 0.05) is 6.04 Å². The fourth-order valence-electron chi connectivity index (χ4n) is 2.83. The fraction of sp³-hybridized carbons (Fsp3) is 0.526. The number of para-hydroxylation sites is 1. The number of nitrogens with one attached hydrogen (secondary N) is 1. The van der Waals surface area contributed by atoms with Gasteiger partial charge < -0.3 is 5.32 Å². The highest BCUT2D eigenvalue weighted by atomic mass is 16.2. The van der Waals surface area contributed by atoms with Crippen molar-refractivity contribution >= 4 is 16.8 Å². The minimum absolute atomic E-state index is 0.00420. The molecule has 1 N–H and O–H groups in total. The Kier molecular flexibility index (Phi) is 6.12. The van der Waals surface area contributed by atoms with E-state index in [0.717, 1.165) is 24.8 Å². The summed E-state index contributed by atoms with van der Waals surface area (Å²) in [6, 6.07) is 5.62. The summed E-state index contributed by atoms with van der Waals surface area (Å²) in [5.41, 5.74) is 1.48. The van der Waals surface area contributed by atoms with Gasteiger partial charge in [-0.05, 0) is 37.8 Å². The summed E-state index contributed by atoms with van der Waals surface area (Å²) in [5.74, 6) is 0.529. The maximum absolute atomic E-state index is 12.5. The third-order valence-electron chi connectivity index (χ3n) is 4.20. The number of amides is 1. The van der Waals surface area contributed by atoms with Crippen molar-refractivity contribution in [1.29, 1.82) is 0 Å². The van der Waals surface area contributed by atoms with E-state index in [0.29, 0.717) is 16.8 Å². The van der Waals surface area contributed by atoms with E-state index in [1.165, 1.54) is 10.9 Å². The van der Waals surface area contributed by atoms with Gasteiger partial charge in [-0.1, -0.05) is 38.8 Å². The summed E-state index contributed by atoms with van der Waals surface area (Å²) in [7, 11) is 0. The minimum atomic E-state index is -0.175. The van der Waals surface area contributed by atoms with Gasteiger partial charge in [-0.3, -0.25) is 14.2 Å². The number of aromatic nitrogens is 2. The Morgan fingerprint density at radius 3 is 2.71 bits per heavy atom. The Morgan fingerprint density at radius 2 is 2.00 bits per heavy atom. The highest BCUT2D eigenvalue weighted by Crippen LogP contribution is 2.11. The molecule has 0 aliphatic carbocycles. The van der Waals surface area contributed by atoms with Crippen LogP contribution in [0.25, 0.3) is 10.9 Å². The summed E-state index contributed by atoms with van der Waals surface area (Å²) in [6.07, 6.45) is 4.66. The van der Waals surface area contributed by atoms with Crippen molar-refractivity contribution in [2.45, 2.75) is 59.5 Å². The number of carbonyl (C=O) groups is 1. The van der Waals surface area contributed by atoms with Crippen molar-refractivity contribution < 1.29 is 4.79 Å². The minimum Gasteiger partial charge on any atom is -0.352 e. The molecular formula is C19H27N3O2. The third-order valence-corrected chi connectivity index (χ3v) is 4.20. The molecule has 5 nitrogen and oxygen atoms in total. The predicted octanol–water partition coefficient (Wildman–Crippen LogP) is 3.04. The average Bonchev–Trinajstić information content (AvgIpc) is 2.50. The lowest BCUT2D eigenvalue weighted by molar-refractivity contribution is -0.122. The first kappa shape index (κ1) is 18.2. The Labute approximate surface area is 143 Å². The molecule has 0 saturated heterocycles. The third kappa shape index (κ3) is 4.66. The van der Waals surface area contributed by atoms with E-state index in [1.807, 2.05) is 26.0 Å². The second kappa shape index (κ2) is 8.08. The number of hydrogen-bond donors (Lipinski definition) is 1. The normalized spacial score (nSPS) is 12.5. The highest BCUT2D eigenvalue weighted by molar-refractivity contribution is 5.81. The van der Waals surface area contributed by atoms with E-state index < -0.39 is 0 Å². The fourth-order valence-corrected chi connectivity index (χ4v) is 2.83. The number of carbonyl (C=O) groups excluding carboxylic acids is 1. The van der Waals surface area contributed by atoms with Crippen LogP contribution in [0, 0.1) is 12.8 Å². The molecule has 2 aromatic rings. The van der Waals surface area contributed by atoms with Gasteiger partial charge >= 0.3 is 0 Å². The van der Waals surface area contributed by atoms with E-state index in [2.05, 4.69) is 24.1 Å². The van der Waals surface area contributed by atoms with Crippen LogP contribution in [0.5, 0.6) is 0 Å². The molecule has 24 heavy (non-hydrogen) atoms. The SMILES string of the molecule is Cc1cccc2c(=O)n(CC(=O)N[C@@H](C)CCCC(C)C)cnc12. The van der Waals surface area contributed by atoms with Gasteiger partial charge in [-0.2, -0.15) is 0 Å². The summed E-state index contributed by atoms with van der Waals surface area (Å²) in [4.78, 5) is 29.0. The summed E-state index contributed by atoms with van der Waals surface area (Å²) in [6.45, 7) is 8.33. The summed E-state index contributed by atoms with van der Waals surface area (Å²) in [5, 5.41) is 3.51. The first-order chi connectivity index (χ1) is 11.4. The number of nitrogens with zero attached hydrogens (tertiary/aromatic N) is 2. The lowest BCUT2D eigenvalue weighted by Crippen LogP contribution is -2.37. The lowest BCUT2D eigenvalue weighted by Gasteiger charge is -2.15. The van der Waals surface area contributed by atoms with Crippen LogP contribution in [0.3, 0.4) is 0 Å². The lowest BCUT2D eigenvalue weighted by atomic mass is 10.0. The molecule has 5 heteroatoms. The molecule has 0 radical (unpaired) electrons. The number of benzene rings is 1. The van der Waals surface area contributed by atoms with Crippen LogP contribution in [0.15, 0.2) is 29.3 Å². The van der Waals surface area contributed by atoms with E-state index in [-0.39, 0.29) is 24.1 Å². The van der Waals surface area contributed by atoms with Crippen molar-refractivity contribution in [2.24, 2.45) is 5.92 Å². The largest absolute Gasteiger partial charge is 0.352 e. The quantitative estimate of drug-likeness (QED) is 0.849. The molecular weight excluding hydrogens is 302 g/mol. The topological polar surface area (TPSA) is 64.0 Å². The molecule has 0 bridgehead atoms. The molecule has 1 aromatic heterocycles. The summed E-state index contributed by atoms with van der Waals surface area (Å²) >= 11 is 0. The van der Waals surface area contributed by atoms with E-state index in [4.69, 9.17) is 0 Å². The molecule has 0 unspecified atom stereocenters. The highest BCUT2D eigenvalue weighted by Gasteiger charge is 2.11. The molecule has 0 spiro atoms. The predicted molar refractivity (Wildman–Crippen MR) is 97.0 cm³/mol. The van der Waals surface area contributed by atoms with E-state index >= 15 is 0 Å². The average molecular weight is 329 g/mol. The molecule has 1 heterocycles. The zero-order chi connectivity index (χ0) is 17.7. The molecule has 0 aliphatic heterocycles. The van der Waals surface area contributed by atoms with Crippen molar-refractivity contribution in [3.05, 3.63) is 40.4 Å². The van der Waals surface area contributed by atoms with E-state index in [9.17, 15) is 9.59 Å². The zero-order valence-electron chi connectivity index (χ0n) is 15.0. The van der Waals surface area contributed by atoms with Crippen LogP contribution in [0.2, 0.25) is 0 Å². The molecule has 0 fully saturated rings.